The second-order valence-electron chi connectivity index (χ2n) is 9.16. The van der Waals surface area contributed by atoms with Crippen LogP contribution >= 0.6 is 11.6 Å². The predicted molar refractivity (Wildman–Crippen MR) is 161 cm³/mol. The summed E-state index contributed by atoms with van der Waals surface area (Å²) in [4.78, 5) is 13.1. The van der Waals surface area contributed by atoms with Crippen molar-refractivity contribution in [2.75, 3.05) is 28.0 Å². The van der Waals surface area contributed by atoms with Gasteiger partial charge in [0.05, 0.1) is 22.6 Å². The number of ether oxygens (including phenoxy) is 1. The Hall–Kier alpha value is -4.06. The van der Waals surface area contributed by atoms with E-state index in [-0.39, 0.29) is 21.2 Å². The van der Waals surface area contributed by atoms with E-state index in [0.717, 1.165) is 9.87 Å². The number of rotatable bonds is 10. The van der Waals surface area contributed by atoms with Crippen LogP contribution in [0.5, 0.6) is 5.75 Å². The molecule has 0 bridgehead atoms. The summed E-state index contributed by atoms with van der Waals surface area (Å²) in [6.45, 7) is 3.02. The van der Waals surface area contributed by atoms with Crippen LogP contribution in [-0.2, 0) is 24.8 Å². The van der Waals surface area contributed by atoms with E-state index in [0.29, 0.717) is 22.0 Å². The van der Waals surface area contributed by atoms with Gasteiger partial charge in [-0.15, -0.1) is 0 Å². The first-order chi connectivity index (χ1) is 19.4. The summed E-state index contributed by atoms with van der Waals surface area (Å²) in [5.41, 5.74) is 2.40. The van der Waals surface area contributed by atoms with E-state index in [1.165, 1.54) is 49.6 Å². The minimum atomic E-state index is -4.14. The molecule has 0 saturated carbocycles. The Labute approximate surface area is 244 Å². The Morgan fingerprint density at radius 3 is 2.00 bits per heavy atom. The van der Waals surface area contributed by atoms with Crippen LogP contribution in [0.4, 0.5) is 17.1 Å². The number of hydrogen-bond donors (Lipinski definition) is 2. The monoisotopic (exact) mass is 613 g/mol. The quantitative estimate of drug-likeness (QED) is 0.240. The molecule has 9 nitrogen and oxygen atoms in total. The Bertz CT molecular complexity index is 1760. The van der Waals surface area contributed by atoms with Crippen molar-refractivity contribution in [3.05, 3.63) is 107 Å². The van der Waals surface area contributed by atoms with Gasteiger partial charge >= 0.3 is 0 Å². The number of halogens is 1. The number of nitrogens with zero attached hydrogens (tertiary/aromatic N) is 1. The zero-order valence-corrected chi connectivity index (χ0v) is 24.8. The SMILES string of the molecule is COc1ccc(NS(=O)(=O)c2ccc(NC(=O)CN(c3cc(Cl)ccc3C)S(=O)(=O)c3ccc(C)cc3)cc2)cc1. The maximum Gasteiger partial charge on any atom is 0.264 e. The van der Waals surface area contributed by atoms with Gasteiger partial charge in [0.15, 0.2) is 0 Å². The van der Waals surface area contributed by atoms with Gasteiger partial charge in [-0.1, -0.05) is 35.4 Å². The largest absolute Gasteiger partial charge is 0.497 e. The number of aryl methyl sites for hydroxylation is 2. The first-order valence-corrected chi connectivity index (χ1v) is 15.6. The van der Waals surface area contributed by atoms with Crippen molar-refractivity contribution in [3.63, 3.8) is 0 Å². The van der Waals surface area contributed by atoms with Crippen LogP contribution in [0.2, 0.25) is 5.02 Å². The molecule has 0 aromatic heterocycles. The molecule has 4 aromatic rings. The maximum absolute atomic E-state index is 13.7. The topological polar surface area (TPSA) is 122 Å². The first-order valence-electron chi connectivity index (χ1n) is 12.3. The van der Waals surface area contributed by atoms with Gasteiger partial charge in [0.1, 0.15) is 12.3 Å². The van der Waals surface area contributed by atoms with E-state index < -0.39 is 32.5 Å². The highest BCUT2D eigenvalue weighted by Crippen LogP contribution is 2.30. The molecule has 0 aliphatic rings. The van der Waals surface area contributed by atoms with E-state index in [1.807, 2.05) is 6.92 Å². The van der Waals surface area contributed by atoms with Crippen LogP contribution in [-0.4, -0.2) is 36.4 Å². The highest BCUT2D eigenvalue weighted by Gasteiger charge is 2.28. The lowest BCUT2D eigenvalue weighted by atomic mass is 10.2. The molecule has 2 N–H and O–H groups in total. The van der Waals surface area contributed by atoms with Crippen LogP contribution in [0.3, 0.4) is 0 Å². The highest BCUT2D eigenvalue weighted by molar-refractivity contribution is 7.93. The Kier molecular flexibility index (Phi) is 8.91. The molecule has 0 radical (unpaired) electrons. The minimum Gasteiger partial charge on any atom is -0.497 e. The van der Waals surface area contributed by atoms with Crippen molar-refractivity contribution in [1.82, 2.24) is 0 Å². The smallest absolute Gasteiger partial charge is 0.264 e. The summed E-state index contributed by atoms with van der Waals surface area (Å²) in [6.07, 6.45) is 0. The van der Waals surface area contributed by atoms with Gasteiger partial charge in [-0.2, -0.15) is 0 Å². The van der Waals surface area contributed by atoms with Crippen molar-refractivity contribution >= 4 is 54.6 Å². The number of nitrogens with one attached hydrogen (secondary N) is 2. The third kappa shape index (κ3) is 7.18. The highest BCUT2D eigenvalue weighted by atomic mass is 35.5. The second-order valence-corrected chi connectivity index (χ2v) is 13.1. The van der Waals surface area contributed by atoms with E-state index in [4.69, 9.17) is 16.3 Å². The van der Waals surface area contributed by atoms with Crippen molar-refractivity contribution in [2.24, 2.45) is 0 Å². The first kappa shape index (κ1) is 29.9. The number of methoxy groups -OCH3 is 1. The third-order valence-electron chi connectivity index (χ3n) is 6.13. The summed E-state index contributed by atoms with van der Waals surface area (Å²) in [5.74, 6) is -0.0455. The maximum atomic E-state index is 13.7. The van der Waals surface area contributed by atoms with Crippen molar-refractivity contribution < 1.29 is 26.4 Å². The van der Waals surface area contributed by atoms with Crippen LogP contribution < -0.4 is 19.1 Å². The van der Waals surface area contributed by atoms with Crippen LogP contribution in [0.25, 0.3) is 0 Å². The van der Waals surface area contributed by atoms with Crippen molar-refractivity contribution in [2.45, 2.75) is 23.6 Å². The molecule has 12 heteroatoms. The average Bonchev–Trinajstić information content (AvgIpc) is 2.94. The minimum absolute atomic E-state index is 0.0224. The zero-order valence-electron chi connectivity index (χ0n) is 22.5. The van der Waals surface area contributed by atoms with Gasteiger partial charge in [0, 0.05) is 16.4 Å². The fourth-order valence-corrected chi connectivity index (χ4v) is 6.61. The lowest BCUT2D eigenvalue weighted by molar-refractivity contribution is -0.114. The molecule has 0 spiro atoms. The zero-order chi connectivity index (χ0) is 29.8. The molecule has 0 aliphatic heterocycles. The normalized spacial score (nSPS) is 11.5. The molecule has 1 amide bonds. The third-order valence-corrected chi connectivity index (χ3v) is 9.53. The van der Waals surface area contributed by atoms with Crippen molar-refractivity contribution in [1.29, 1.82) is 0 Å². The molecule has 0 saturated heterocycles. The van der Waals surface area contributed by atoms with Gasteiger partial charge in [0.25, 0.3) is 20.0 Å². The Morgan fingerprint density at radius 2 is 1.39 bits per heavy atom. The molecule has 4 aromatic carbocycles. The summed E-state index contributed by atoms with van der Waals surface area (Å²) in [6, 6.07) is 23.0. The standard InChI is InChI=1S/C29H28ClN3O6S2/c1-20-4-14-27(15-5-20)41(37,38)33(28-18-22(30)7-6-21(28)2)19-29(34)31-23-10-16-26(17-11-23)40(35,36)32-24-8-12-25(39-3)13-9-24/h4-18,32H,19H2,1-3H3,(H,31,34). The number of benzene rings is 4. The van der Waals surface area contributed by atoms with E-state index in [1.54, 1.807) is 55.5 Å². The molecule has 0 heterocycles. The van der Waals surface area contributed by atoms with E-state index in [9.17, 15) is 21.6 Å². The number of carbonyl (C=O) groups is 1. The van der Waals surface area contributed by atoms with Gasteiger partial charge < -0.3 is 10.1 Å². The molecule has 0 unspecified atom stereocenters. The van der Waals surface area contributed by atoms with E-state index >= 15 is 0 Å². The summed E-state index contributed by atoms with van der Waals surface area (Å²) >= 11 is 6.18. The summed E-state index contributed by atoms with van der Waals surface area (Å²) in [5, 5.41) is 2.96. The van der Waals surface area contributed by atoms with Gasteiger partial charge in [-0.05, 0) is 92.2 Å². The molecule has 0 aliphatic carbocycles. The summed E-state index contributed by atoms with van der Waals surface area (Å²) < 4.78 is 61.5. The lowest BCUT2D eigenvalue weighted by Gasteiger charge is -2.26. The van der Waals surface area contributed by atoms with Gasteiger partial charge in [-0.25, -0.2) is 16.8 Å². The molecule has 0 atom stereocenters. The Balaban J connectivity index is 1.54. The average molecular weight is 614 g/mol. The van der Waals surface area contributed by atoms with Crippen LogP contribution in [0.1, 0.15) is 11.1 Å². The molecular formula is C29H28ClN3O6S2. The van der Waals surface area contributed by atoms with Crippen LogP contribution in [0, 0.1) is 13.8 Å². The second kappa shape index (κ2) is 12.2. The number of sulfonamides is 2. The molecule has 214 valence electrons. The predicted octanol–water partition coefficient (Wildman–Crippen LogP) is 5.60. The molecule has 4 rings (SSSR count). The molecular weight excluding hydrogens is 586 g/mol. The fraction of sp³-hybridized carbons (Fsp3) is 0.138. The molecule has 41 heavy (non-hydrogen) atoms. The summed E-state index contributed by atoms with van der Waals surface area (Å²) in [7, 11) is -6.53. The van der Waals surface area contributed by atoms with E-state index in [2.05, 4.69) is 10.0 Å². The Morgan fingerprint density at radius 1 is 0.805 bits per heavy atom. The number of carbonyl (C=O) groups excluding carboxylic acids is 1. The van der Waals surface area contributed by atoms with Crippen molar-refractivity contribution in [3.8, 4) is 5.75 Å². The number of anilines is 3. The fourth-order valence-electron chi connectivity index (χ4n) is 3.91. The van der Waals surface area contributed by atoms with Gasteiger partial charge in [0.2, 0.25) is 5.91 Å². The number of amides is 1. The number of hydrogen-bond acceptors (Lipinski definition) is 6. The van der Waals surface area contributed by atoms with Crippen LogP contribution in [0.15, 0.2) is 101 Å². The molecule has 0 fully saturated rings. The van der Waals surface area contributed by atoms with Gasteiger partial charge in [-0.3, -0.25) is 13.8 Å². The lowest BCUT2D eigenvalue weighted by Crippen LogP contribution is -2.38.